The fraction of sp³-hybridized carbons (Fsp3) is 0.286. The van der Waals surface area contributed by atoms with E-state index in [2.05, 4.69) is 10.2 Å². The number of H-pyrrole nitrogens is 1. The van der Waals surface area contributed by atoms with Gasteiger partial charge in [0.1, 0.15) is 11.3 Å². The Hall–Kier alpha value is -1.81. The Morgan fingerprint density at radius 3 is 2.68 bits per heavy atom. The maximum Gasteiger partial charge on any atom is 0.356 e. The SMILES string of the molecule is CC(C)(C)OC(=O)c1cc(-c2cccc(Cl)c2)n[nH]1. The molecule has 0 saturated heterocycles. The van der Waals surface area contributed by atoms with E-state index in [1.54, 1.807) is 18.2 Å². The van der Waals surface area contributed by atoms with E-state index in [0.29, 0.717) is 16.4 Å². The number of nitrogens with one attached hydrogen (secondary N) is 1. The van der Waals surface area contributed by atoms with E-state index in [0.717, 1.165) is 5.56 Å². The number of halogens is 1. The molecular weight excluding hydrogens is 264 g/mol. The number of nitrogens with zero attached hydrogens (tertiary/aromatic N) is 1. The quantitative estimate of drug-likeness (QED) is 0.853. The van der Waals surface area contributed by atoms with Crippen molar-refractivity contribution in [1.82, 2.24) is 10.2 Å². The molecular formula is C14H15ClN2O2. The molecule has 0 radical (unpaired) electrons. The second-order valence-corrected chi connectivity index (χ2v) is 5.62. The molecule has 4 nitrogen and oxygen atoms in total. The summed E-state index contributed by atoms with van der Waals surface area (Å²) in [6.45, 7) is 5.46. The highest BCUT2D eigenvalue weighted by Gasteiger charge is 2.19. The lowest BCUT2D eigenvalue weighted by atomic mass is 10.1. The smallest absolute Gasteiger partial charge is 0.356 e. The first-order valence-electron chi connectivity index (χ1n) is 5.90. The van der Waals surface area contributed by atoms with Crippen LogP contribution < -0.4 is 0 Å². The fourth-order valence-corrected chi connectivity index (χ4v) is 1.75. The van der Waals surface area contributed by atoms with Gasteiger partial charge in [0.05, 0.1) is 5.69 Å². The van der Waals surface area contributed by atoms with Crippen molar-refractivity contribution in [2.24, 2.45) is 0 Å². The summed E-state index contributed by atoms with van der Waals surface area (Å²) >= 11 is 5.92. The Kier molecular flexibility index (Phi) is 3.62. The standard InChI is InChI=1S/C14H15ClN2O2/c1-14(2,3)19-13(18)12-8-11(16-17-12)9-5-4-6-10(15)7-9/h4-8H,1-3H3,(H,16,17). The maximum atomic E-state index is 11.9. The van der Waals surface area contributed by atoms with Crippen LogP contribution in [0.1, 0.15) is 31.3 Å². The van der Waals surface area contributed by atoms with Gasteiger partial charge < -0.3 is 4.74 Å². The first kappa shape index (κ1) is 13.6. The van der Waals surface area contributed by atoms with E-state index in [-0.39, 0.29) is 0 Å². The average molecular weight is 279 g/mol. The molecule has 0 atom stereocenters. The van der Waals surface area contributed by atoms with E-state index >= 15 is 0 Å². The zero-order valence-corrected chi connectivity index (χ0v) is 11.8. The summed E-state index contributed by atoms with van der Waals surface area (Å²) in [6.07, 6.45) is 0. The van der Waals surface area contributed by atoms with Crippen LogP contribution in [0, 0.1) is 0 Å². The lowest BCUT2D eigenvalue weighted by Gasteiger charge is -2.18. The molecule has 0 fully saturated rings. The molecule has 0 unspecified atom stereocenters. The van der Waals surface area contributed by atoms with Crippen molar-refractivity contribution in [2.75, 3.05) is 0 Å². The van der Waals surface area contributed by atoms with Gasteiger partial charge >= 0.3 is 5.97 Å². The molecule has 1 N–H and O–H groups in total. The number of aromatic amines is 1. The molecule has 1 heterocycles. The van der Waals surface area contributed by atoms with E-state index in [1.165, 1.54) is 0 Å². The third-order valence-corrected chi connectivity index (χ3v) is 2.55. The Labute approximate surface area is 116 Å². The molecule has 19 heavy (non-hydrogen) atoms. The molecule has 2 rings (SSSR count). The van der Waals surface area contributed by atoms with Crippen LogP contribution in [-0.4, -0.2) is 21.8 Å². The van der Waals surface area contributed by atoms with Gasteiger partial charge in [-0.1, -0.05) is 23.7 Å². The van der Waals surface area contributed by atoms with Crippen molar-refractivity contribution in [3.8, 4) is 11.3 Å². The molecule has 1 aromatic carbocycles. The number of hydrogen-bond acceptors (Lipinski definition) is 3. The van der Waals surface area contributed by atoms with Crippen LogP contribution in [0.15, 0.2) is 30.3 Å². The highest BCUT2D eigenvalue weighted by atomic mass is 35.5. The van der Waals surface area contributed by atoms with Crippen molar-refractivity contribution in [3.63, 3.8) is 0 Å². The summed E-state index contributed by atoms with van der Waals surface area (Å²) in [5.74, 6) is -0.423. The molecule has 0 aliphatic heterocycles. The lowest BCUT2D eigenvalue weighted by Crippen LogP contribution is -2.24. The van der Waals surface area contributed by atoms with Gasteiger partial charge in [0.25, 0.3) is 0 Å². The zero-order chi connectivity index (χ0) is 14.0. The van der Waals surface area contributed by atoms with Gasteiger partial charge in [-0.2, -0.15) is 5.10 Å². The maximum absolute atomic E-state index is 11.9. The second kappa shape index (κ2) is 5.05. The normalized spacial score (nSPS) is 11.4. The molecule has 1 aromatic heterocycles. The lowest BCUT2D eigenvalue weighted by molar-refractivity contribution is 0.00628. The Morgan fingerprint density at radius 2 is 2.05 bits per heavy atom. The number of benzene rings is 1. The predicted molar refractivity (Wildman–Crippen MR) is 74.2 cm³/mol. The Morgan fingerprint density at radius 1 is 1.32 bits per heavy atom. The van der Waals surface area contributed by atoms with Crippen molar-refractivity contribution in [3.05, 3.63) is 41.0 Å². The van der Waals surface area contributed by atoms with Crippen LogP contribution in [-0.2, 0) is 4.74 Å². The predicted octanol–water partition coefficient (Wildman–Crippen LogP) is 3.69. The molecule has 100 valence electrons. The highest BCUT2D eigenvalue weighted by molar-refractivity contribution is 6.30. The number of carbonyl (C=O) groups is 1. The number of hydrogen-bond donors (Lipinski definition) is 1. The largest absolute Gasteiger partial charge is 0.455 e. The highest BCUT2D eigenvalue weighted by Crippen LogP contribution is 2.22. The van der Waals surface area contributed by atoms with Gasteiger partial charge in [0.2, 0.25) is 0 Å². The van der Waals surface area contributed by atoms with Crippen LogP contribution in [0.2, 0.25) is 5.02 Å². The van der Waals surface area contributed by atoms with Gasteiger partial charge in [-0.3, -0.25) is 5.10 Å². The summed E-state index contributed by atoms with van der Waals surface area (Å²) < 4.78 is 5.26. The molecule has 2 aromatic rings. The van der Waals surface area contributed by atoms with Crippen molar-refractivity contribution in [1.29, 1.82) is 0 Å². The Balaban J connectivity index is 2.22. The van der Waals surface area contributed by atoms with E-state index in [9.17, 15) is 4.79 Å². The van der Waals surface area contributed by atoms with Gasteiger partial charge in [-0.15, -0.1) is 0 Å². The van der Waals surface area contributed by atoms with Crippen LogP contribution in [0.3, 0.4) is 0 Å². The minimum atomic E-state index is -0.529. The molecule has 0 aliphatic rings. The summed E-state index contributed by atoms with van der Waals surface area (Å²) in [5.41, 5.74) is 1.30. The second-order valence-electron chi connectivity index (χ2n) is 5.18. The van der Waals surface area contributed by atoms with Crippen LogP contribution in [0.5, 0.6) is 0 Å². The van der Waals surface area contributed by atoms with E-state index in [4.69, 9.17) is 16.3 Å². The van der Waals surface area contributed by atoms with Crippen molar-refractivity contribution in [2.45, 2.75) is 26.4 Å². The minimum absolute atomic E-state index is 0.324. The summed E-state index contributed by atoms with van der Waals surface area (Å²) in [5, 5.41) is 7.40. The number of aromatic nitrogens is 2. The Bertz CT molecular complexity index is 599. The summed E-state index contributed by atoms with van der Waals surface area (Å²) in [4.78, 5) is 11.9. The topological polar surface area (TPSA) is 55.0 Å². The van der Waals surface area contributed by atoms with Crippen molar-refractivity contribution >= 4 is 17.6 Å². The van der Waals surface area contributed by atoms with E-state index in [1.807, 2.05) is 32.9 Å². The first-order valence-corrected chi connectivity index (χ1v) is 6.28. The fourth-order valence-electron chi connectivity index (χ4n) is 1.56. The van der Waals surface area contributed by atoms with Crippen LogP contribution >= 0.6 is 11.6 Å². The zero-order valence-electron chi connectivity index (χ0n) is 11.0. The number of esters is 1. The molecule has 0 bridgehead atoms. The molecule has 0 aliphatic carbocycles. The third-order valence-electron chi connectivity index (χ3n) is 2.32. The molecule has 0 spiro atoms. The van der Waals surface area contributed by atoms with Gasteiger partial charge in [-0.25, -0.2) is 4.79 Å². The average Bonchev–Trinajstić information content (AvgIpc) is 2.75. The first-order chi connectivity index (χ1) is 8.85. The monoisotopic (exact) mass is 278 g/mol. The van der Waals surface area contributed by atoms with Gasteiger partial charge in [0, 0.05) is 10.6 Å². The molecule has 0 amide bonds. The number of ether oxygens (including phenoxy) is 1. The van der Waals surface area contributed by atoms with Gasteiger partial charge in [0.15, 0.2) is 0 Å². The van der Waals surface area contributed by atoms with Crippen LogP contribution in [0.25, 0.3) is 11.3 Å². The summed E-state index contributed by atoms with van der Waals surface area (Å²) in [6, 6.07) is 8.93. The molecule has 0 saturated carbocycles. The summed E-state index contributed by atoms with van der Waals surface area (Å²) in [7, 11) is 0. The van der Waals surface area contributed by atoms with Crippen LogP contribution in [0.4, 0.5) is 0 Å². The van der Waals surface area contributed by atoms with Gasteiger partial charge in [-0.05, 0) is 39.0 Å². The number of rotatable bonds is 2. The van der Waals surface area contributed by atoms with Crippen molar-refractivity contribution < 1.29 is 9.53 Å². The third kappa shape index (κ3) is 3.58. The minimum Gasteiger partial charge on any atom is -0.455 e. The number of carbonyl (C=O) groups excluding carboxylic acids is 1. The van der Waals surface area contributed by atoms with E-state index < -0.39 is 11.6 Å². The molecule has 5 heteroatoms.